The molecular formula is C22H32F2O. The lowest BCUT2D eigenvalue weighted by Crippen LogP contribution is -2.25. The van der Waals surface area contributed by atoms with Crippen molar-refractivity contribution in [3.05, 3.63) is 29.3 Å². The summed E-state index contributed by atoms with van der Waals surface area (Å²) in [6.45, 7) is 2.26. The fourth-order valence-electron chi connectivity index (χ4n) is 5.20. The number of rotatable bonds is 5. The highest BCUT2D eigenvalue weighted by atomic mass is 19.2. The van der Waals surface area contributed by atoms with E-state index in [1.54, 1.807) is 0 Å². The summed E-state index contributed by atoms with van der Waals surface area (Å²) in [6, 6.07) is 2.75. The van der Waals surface area contributed by atoms with Crippen LogP contribution in [0.4, 0.5) is 8.78 Å². The zero-order valence-electron chi connectivity index (χ0n) is 18.2. The molecule has 1 aromatic rings. The highest BCUT2D eigenvalue weighted by Gasteiger charge is 2.32. The van der Waals surface area contributed by atoms with Gasteiger partial charge in [-0.25, -0.2) is 4.39 Å². The third kappa shape index (κ3) is 4.17. The molecule has 0 spiro atoms. The van der Waals surface area contributed by atoms with Crippen molar-refractivity contribution in [2.45, 2.75) is 77.0 Å². The van der Waals surface area contributed by atoms with E-state index in [1.165, 1.54) is 50.7 Å². The molecule has 140 valence electrons. The molecule has 0 atom stereocenters. The van der Waals surface area contributed by atoms with Crippen LogP contribution in [0.2, 0.25) is 0 Å². The van der Waals surface area contributed by atoms with E-state index in [9.17, 15) is 8.78 Å². The Morgan fingerprint density at radius 2 is 1.60 bits per heavy atom. The standard InChI is InChI=1S/C22H32F2O/c1-3-4-15-5-7-16(8-6-15)17-9-11-18(12-10-17)19-13-14-20(25-2)22(24)21(19)23/h13-18H,3-12H2,1-2H3/i2D3. The third-order valence-electron chi connectivity index (χ3n) is 6.65. The Kier molecular flexibility index (Phi) is 5.10. The molecule has 0 saturated heterocycles. The molecule has 1 nitrogen and oxygen atoms in total. The Bertz CT molecular complexity index is 646. The lowest BCUT2D eigenvalue weighted by Gasteiger charge is -2.38. The van der Waals surface area contributed by atoms with E-state index >= 15 is 0 Å². The van der Waals surface area contributed by atoms with E-state index in [1.807, 2.05) is 0 Å². The number of halogens is 2. The van der Waals surface area contributed by atoms with E-state index in [0.29, 0.717) is 11.5 Å². The predicted molar refractivity (Wildman–Crippen MR) is 98.0 cm³/mol. The van der Waals surface area contributed by atoms with E-state index in [4.69, 9.17) is 4.11 Å². The molecule has 0 unspecified atom stereocenters. The molecule has 2 aliphatic carbocycles. The van der Waals surface area contributed by atoms with Crippen LogP contribution in [0, 0.1) is 29.4 Å². The minimum Gasteiger partial charge on any atom is -0.494 e. The van der Waals surface area contributed by atoms with Crippen LogP contribution in [-0.4, -0.2) is 7.04 Å². The van der Waals surface area contributed by atoms with Gasteiger partial charge in [0.15, 0.2) is 11.6 Å². The van der Waals surface area contributed by atoms with Crippen molar-refractivity contribution in [3.8, 4) is 5.75 Å². The molecule has 0 N–H and O–H groups in total. The quantitative estimate of drug-likeness (QED) is 0.562. The first kappa shape index (κ1) is 15.0. The van der Waals surface area contributed by atoms with E-state index in [-0.39, 0.29) is 5.92 Å². The minimum atomic E-state index is -2.79. The zero-order valence-corrected chi connectivity index (χ0v) is 15.2. The molecule has 2 saturated carbocycles. The molecule has 0 aliphatic heterocycles. The summed E-state index contributed by atoms with van der Waals surface area (Å²) in [6.07, 6.45) is 11.9. The van der Waals surface area contributed by atoms with Crippen LogP contribution in [0.5, 0.6) is 5.75 Å². The number of methoxy groups -OCH3 is 1. The fourth-order valence-corrected chi connectivity index (χ4v) is 5.20. The maximum Gasteiger partial charge on any atom is 0.200 e. The van der Waals surface area contributed by atoms with Crippen LogP contribution in [0.15, 0.2) is 12.1 Å². The second kappa shape index (κ2) is 8.51. The van der Waals surface area contributed by atoms with Gasteiger partial charge in [-0.1, -0.05) is 38.7 Å². The molecule has 1 aromatic carbocycles. The molecular weight excluding hydrogens is 318 g/mol. The fraction of sp³-hybridized carbons (Fsp3) is 0.727. The van der Waals surface area contributed by atoms with Crippen LogP contribution < -0.4 is 4.74 Å². The molecule has 0 amide bonds. The van der Waals surface area contributed by atoms with Crippen molar-refractivity contribution in [1.82, 2.24) is 0 Å². The summed E-state index contributed by atoms with van der Waals surface area (Å²) < 4.78 is 54.6. The number of hydrogen-bond donors (Lipinski definition) is 0. The van der Waals surface area contributed by atoms with Crippen LogP contribution >= 0.6 is 0 Å². The van der Waals surface area contributed by atoms with E-state index in [2.05, 4.69) is 11.7 Å². The van der Waals surface area contributed by atoms with Gasteiger partial charge in [-0.05, 0) is 73.8 Å². The van der Waals surface area contributed by atoms with Gasteiger partial charge in [0, 0.05) is 0 Å². The molecule has 3 rings (SSSR count). The van der Waals surface area contributed by atoms with E-state index < -0.39 is 24.4 Å². The van der Waals surface area contributed by atoms with Crippen molar-refractivity contribution in [2.24, 2.45) is 17.8 Å². The lowest BCUT2D eigenvalue weighted by atomic mass is 9.68. The summed E-state index contributed by atoms with van der Waals surface area (Å²) in [5.74, 6) is -0.265. The van der Waals surface area contributed by atoms with Gasteiger partial charge in [-0.15, -0.1) is 0 Å². The Hall–Kier alpha value is -1.12. The molecule has 0 aromatic heterocycles. The second-order valence-corrected chi connectivity index (χ2v) is 8.06. The monoisotopic (exact) mass is 353 g/mol. The molecule has 25 heavy (non-hydrogen) atoms. The Morgan fingerprint density at radius 1 is 0.960 bits per heavy atom. The van der Waals surface area contributed by atoms with Gasteiger partial charge in [0.25, 0.3) is 0 Å². The maximum atomic E-state index is 14.6. The first-order valence-electron chi connectivity index (χ1n) is 11.5. The topological polar surface area (TPSA) is 9.23 Å². The van der Waals surface area contributed by atoms with Crippen molar-refractivity contribution < 1.29 is 17.6 Å². The van der Waals surface area contributed by atoms with Gasteiger partial charge in [0.05, 0.1) is 11.2 Å². The van der Waals surface area contributed by atoms with Crippen molar-refractivity contribution >= 4 is 0 Å². The normalized spacial score (nSPS) is 32.5. The van der Waals surface area contributed by atoms with E-state index in [0.717, 1.165) is 37.5 Å². The largest absolute Gasteiger partial charge is 0.494 e. The number of ether oxygens (including phenoxy) is 1. The van der Waals surface area contributed by atoms with Gasteiger partial charge >= 0.3 is 0 Å². The van der Waals surface area contributed by atoms with Crippen molar-refractivity contribution in [3.63, 3.8) is 0 Å². The zero-order chi connectivity index (χ0) is 20.3. The van der Waals surface area contributed by atoms with Crippen molar-refractivity contribution in [2.75, 3.05) is 7.04 Å². The summed E-state index contributed by atoms with van der Waals surface area (Å²) in [5, 5.41) is 0. The van der Waals surface area contributed by atoms with Gasteiger partial charge < -0.3 is 4.74 Å². The summed E-state index contributed by atoms with van der Waals surface area (Å²) in [7, 11) is -2.79. The first-order chi connectivity index (χ1) is 13.3. The Morgan fingerprint density at radius 3 is 2.20 bits per heavy atom. The molecule has 0 bridgehead atoms. The second-order valence-electron chi connectivity index (χ2n) is 8.06. The number of benzene rings is 1. The van der Waals surface area contributed by atoms with Crippen LogP contribution in [0.1, 0.15) is 86.7 Å². The summed E-state index contributed by atoms with van der Waals surface area (Å²) >= 11 is 0. The van der Waals surface area contributed by atoms with Crippen LogP contribution in [0.25, 0.3) is 0 Å². The third-order valence-corrected chi connectivity index (χ3v) is 6.65. The lowest BCUT2D eigenvalue weighted by molar-refractivity contribution is 0.156. The predicted octanol–water partition coefficient (Wildman–Crippen LogP) is 6.85. The van der Waals surface area contributed by atoms with Crippen molar-refractivity contribution in [1.29, 1.82) is 0 Å². The Balaban J connectivity index is 1.57. The first-order valence-corrected chi connectivity index (χ1v) is 9.95. The molecule has 0 radical (unpaired) electrons. The van der Waals surface area contributed by atoms with Crippen LogP contribution in [-0.2, 0) is 0 Å². The van der Waals surface area contributed by atoms with Gasteiger partial charge in [-0.3, -0.25) is 0 Å². The van der Waals surface area contributed by atoms with Gasteiger partial charge in [0.2, 0.25) is 5.82 Å². The average Bonchev–Trinajstić information content (AvgIpc) is 2.66. The number of hydrogen-bond acceptors (Lipinski definition) is 1. The minimum absolute atomic E-state index is 0.00370. The smallest absolute Gasteiger partial charge is 0.200 e. The average molecular weight is 354 g/mol. The Labute approximate surface area is 155 Å². The molecule has 2 aliphatic rings. The SMILES string of the molecule is [2H]C([2H])([2H])Oc1ccc(C2CCC(C3CCC(CCC)CC3)CC2)c(F)c1F. The molecule has 0 heterocycles. The summed E-state index contributed by atoms with van der Waals surface area (Å²) in [5.41, 5.74) is 0.362. The highest BCUT2D eigenvalue weighted by molar-refractivity contribution is 5.33. The highest BCUT2D eigenvalue weighted by Crippen LogP contribution is 2.45. The maximum absolute atomic E-state index is 14.6. The van der Waals surface area contributed by atoms with Gasteiger partial charge in [-0.2, -0.15) is 4.39 Å². The summed E-state index contributed by atoms with van der Waals surface area (Å²) in [4.78, 5) is 0. The molecule has 2 fully saturated rings. The van der Waals surface area contributed by atoms with Gasteiger partial charge in [0.1, 0.15) is 0 Å². The molecule has 3 heteroatoms. The van der Waals surface area contributed by atoms with Crippen LogP contribution in [0.3, 0.4) is 0 Å².